The molecule has 18 heavy (non-hydrogen) atoms. The number of methoxy groups -OCH3 is 1. The van der Waals surface area contributed by atoms with Gasteiger partial charge in [-0.2, -0.15) is 5.10 Å². The third-order valence-electron chi connectivity index (χ3n) is 3.81. The predicted octanol–water partition coefficient (Wildman–Crippen LogP) is 1.72. The summed E-state index contributed by atoms with van der Waals surface area (Å²) in [6, 6.07) is 0.260. The Labute approximate surface area is 108 Å². The number of ether oxygens (including phenoxy) is 1. The van der Waals surface area contributed by atoms with Gasteiger partial charge in [-0.15, -0.1) is 0 Å². The third-order valence-corrected chi connectivity index (χ3v) is 3.81. The molecule has 1 fully saturated rings. The molecule has 0 radical (unpaired) electrons. The molecule has 0 saturated heterocycles. The van der Waals surface area contributed by atoms with Crippen LogP contribution in [0.4, 0.5) is 0 Å². The van der Waals surface area contributed by atoms with Crippen LogP contribution >= 0.6 is 0 Å². The first kappa shape index (κ1) is 13.5. The first-order valence-corrected chi connectivity index (χ1v) is 6.70. The molecule has 0 aromatic carbocycles. The maximum atomic E-state index is 10.8. The van der Waals surface area contributed by atoms with Gasteiger partial charge < -0.3 is 9.84 Å². The van der Waals surface area contributed by atoms with E-state index in [2.05, 4.69) is 23.9 Å². The van der Waals surface area contributed by atoms with Crippen LogP contribution in [0, 0.1) is 0 Å². The third kappa shape index (κ3) is 2.57. The molecule has 1 aliphatic rings. The molecular weight excluding hydrogens is 230 g/mol. The van der Waals surface area contributed by atoms with Gasteiger partial charge in [0.2, 0.25) is 0 Å². The number of nitrogens with zero attached hydrogens (tertiary/aromatic N) is 3. The summed E-state index contributed by atoms with van der Waals surface area (Å²) in [4.78, 5) is 4.28. The lowest BCUT2D eigenvalue weighted by molar-refractivity contribution is -0.117. The van der Waals surface area contributed by atoms with Gasteiger partial charge in [-0.1, -0.05) is 12.8 Å². The molecule has 0 spiro atoms. The molecule has 2 unspecified atom stereocenters. The molecule has 0 amide bonds. The van der Waals surface area contributed by atoms with E-state index in [1.54, 1.807) is 13.4 Å². The maximum Gasteiger partial charge on any atom is 0.138 e. The highest BCUT2D eigenvalue weighted by Crippen LogP contribution is 2.33. The molecule has 0 aliphatic heterocycles. The molecule has 5 nitrogen and oxygen atoms in total. The van der Waals surface area contributed by atoms with Crippen molar-refractivity contribution in [2.45, 2.75) is 63.7 Å². The molecule has 1 aromatic rings. The topological polar surface area (TPSA) is 60.2 Å². The number of rotatable bonds is 4. The number of hydrogen-bond donors (Lipinski definition) is 1. The Bertz CT molecular complexity index is 391. The standard InChI is InChI=1S/C13H23N3O2/c1-10(2)16-12(14-9-15-16)8-13(17)7-5-4-6-11(13)18-3/h9-11,17H,4-8H2,1-3H3. The lowest BCUT2D eigenvalue weighted by atomic mass is 9.79. The fourth-order valence-electron chi connectivity index (χ4n) is 2.84. The summed E-state index contributed by atoms with van der Waals surface area (Å²) in [6.45, 7) is 4.13. The van der Waals surface area contributed by atoms with Crippen molar-refractivity contribution in [1.82, 2.24) is 14.8 Å². The van der Waals surface area contributed by atoms with Crippen molar-refractivity contribution in [3.63, 3.8) is 0 Å². The van der Waals surface area contributed by atoms with Crippen LogP contribution in [0.3, 0.4) is 0 Å². The van der Waals surface area contributed by atoms with E-state index < -0.39 is 5.60 Å². The summed E-state index contributed by atoms with van der Waals surface area (Å²) < 4.78 is 7.32. The first-order chi connectivity index (χ1) is 8.57. The van der Waals surface area contributed by atoms with E-state index in [1.165, 1.54) is 0 Å². The molecular formula is C13H23N3O2. The second-order valence-electron chi connectivity index (χ2n) is 5.47. The average Bonchev–Trinajstić information content (AvgIpc) is 2.77. The van der Waals surface area contributed by atoms with E-state index in [0.29, 0.717) is 6.42 Å². The van der Waals surface area contributed by atoms with E-state index in [1.807, 2.05) is 4.68 Å². The van der Waals surface area contributed by atoms with Gasteiger partial charge in [0, 0.05) is 19.6 Å². The Hall–Kier alpha value is -0.940. The van der Waals surface area contributed by atoms with E-state index in [-0.39, 0.29) is 12.1 Å². The molecule has 0 bridgehead atoms. The Morgan fingerprint density at radius 3 is 3.00 bits per heavy atom. The van der Waals surface area contributed by atoms with Gasteiger partial charge in [0.1, 0.15) is 12.2 Å². The van der Waals surface area contributed by atoms with Gasteiger partial charge in [0.25, 0.3) is 0 Å². The Kier molecular flexibility index (Phi) is 4.02. The average molecular weight is 253 g/mol. The van der Waals surface area contributed by atoms with Crippen LogP contribution in [0.1, 0.15) is 51.4 Å². The molecule has 1 heterocycles. The minimum absolute atomic E-state index is 0.0939. The predicted molar refractivity (Wildman–Crippen MR) is 68.3 cm³/mol. The molecule has 1 saturated carbocycles. The molecule has 1 aliphatic carbocycles. The van der Waals surface area contributed by atoms with Crippen LogP contribution in [-0.4, -0.2) is 38.7 Å². The zero-order chi connectivity index (χ0) is 13.2. The number of hydrogen-bond acceptors (Lipinski definition) is 4. The van der Waals surface area contributed by atoms with Gasteiger partial charge in [-0.05, 0) is 26.7 Å². The van der Waals surface area contributed by atoms with Crippen LogP contribution in [0.25, 0.3) is 0 Å². The fraction of sp³-hybridized carbons (Fsp3) is 0.846. The van der Waals surface area contributed by atoms with Gasteiger partial charge in [0.05, 0.1) is 11.7 Å². The molecule has 102 valence electrons. The van der Waals surface area contributed by atoms with Crippen molar-refractivity contribution in [2.24, 2.45) is 0 Å². The summed E-state index contributed by atoms with van der Waals surface area (Å²) in [5.41, 5.74) is -0.799. The highest BCUT2D eigenvalue weighted by atomic mass is 16.5. The molecule has 1 N–H and O–H groups in total. The van der Waals surface area contributed by atoms with E-state index in [4.69, 9.17) is 4.74 Å². The van der Waals surface area contributed by atoms with Gasteiger partial charge in [-0.3, -0.25) is 0 Å². The molecule has 5 heteroatoms. The number of aliphatic hydroxyl groups is 1. The second kappa shape index (κ2) is 5.36. The minimum atomic E-state index is -0.799. The zero-order valence-electron chi connectivity index (χ0n) is 11.5. The normalized spacial score (nSPS) is 28.8. The van der Waals surface area contributed by atoms with Crippen molar-refractivity contribution in [3.8, 4) is 0 Å². The van der Waals surface area contributed by atoms with E-state index >= 15 is 0 Å². The van der Waals surface area contributed by atoms with Crippen LogP contribution in [-0.2, 0) is 11.2 Å². The fourth-order valence-corrected chi connectivity index (χ4v) is 2.84. The van der Waals surface area contributed by atoms with Crippen molar-refractivity contribution < 1.29 is 9.84 Å². The smallest absolute Gasteiger partial charge is 0.138 e. The molecule has 2 rings (SSSR count). The van der Waals surface area contributed by atoms with Gasteiger partial charge in [-0.25, -0.2) is 9.67 Å². The van der Waals surface area contributed by atoms with E-state index in [0.717, 1.165) is 31.5 Å². The Morgan fingerprint density at radius 1 is 1.56 bits per heavy atom. The van der Waals surface area contributed by atoms with Crippen molar-refractivity contribution >= 4 is 0 Å². The lowest BCUT2D eigenvalue weighted by Gasteiger charge is -2.38. The minimum Gasteiger partial charge on any atom is -0.387 e. The summed E-state index contributed by atoms with van der Waals surface area (Å²) in [7, 11) is 1.67. The maximum absolute atomic E-state index is 10.8. The quantitative estimate of drug-likeness (QED) is 0.887. The van der Waals surface area contributed by atoms with Gasteiger partial charge >= 0.3 is 0 Å². The monoisotopic (exact) mass is 253 g/mol. The largest absolute Gasteiger partial charge is 0.387 e. The van der Waals surface area contributed by atoms with Crippen molar-refractivity contribution in [3.05, 3.63) is 12.2 Å². The van der Waals surface area contributed by atoms with Crippen LogP contribution in [0.15, 0.2) is 6.33 Å². The summed E-state index contributed by atoms with van der Waals surface area (Å²) in [6.07, 6.45) is 5.85. The molecule has 1 aromatic heterocycles. The molecule has 2 atom stereocenters. The summed E-state index contributed by atoms with van der Waals surface area (Å²) in [5, 5.41) is 15.0. The highest BCUT2D eigenvalue weighted by molar-refractivity contribution is 5.01. The zero-order valence-corrected chi connectivity index (χ0v) is 11.5. The summed E-state index contributed by atoms with van der Waals surface area (Å²) >= 11 is 0. The highest BCUT2D eigenvalue weighted by Gasteiger charge is 2.40. The SMILES string of the molecule is COC1CCCCC1(O)Cc1ncnn1C(C)C. The Morgan fingerprint density at radius 2 is 2.33 bits per heavy atom. The van der Waals surface area contributed by atoms with Crippen LogP contribution in [0.5, 0.6) is 0 Å². The van der Waals surface area contributed by atoms with Crippen LogP contribution < -0.4 is 0 Å². The Balaban J connectivity index is 2.17. The van der Waals surface area contributed by atoms with Crippen molar-refractivity contribution in [1.29, 1.82) is 0 Å². The van der Waals surface area contributed by atoms with Crippen molar-refractivity contribution in [2.75, 3.05) is 7.11 Å². The first-order valence-electron chi connectivity index (χ1n) is 6.70. The number of aromatic nitrogens is 3. The summed E-state index contributed by atoms with van der Waals surface area (Å²) in [5.74, 6) is 0.844. The second-order valence-corrected chi connectivity index (χ2v) is 5.47. The van der Waals surface area contributed by atoms with Crippen LogP contribution in [0.2, 0.25) is 0 Å². The van der Waals surface area contributed by atoms with E-state index in [9.17, 15) is 5.11 Å². The lowest BCUT2D eigenvalue weighted by Crippen LogP contribution is -2.48. The van der Waals surface area contributed by atoms with Gasteiger partial charge in [0.15, 0.2) is 0 Å².